The number of allylic oxidation sites excluding steroid dienone is 3. The van der Waals surface area contributed by atoms with Crippen LogP contribution in [-0.4, -0.2) is 44.7 Å². The molecule has 0 atom stereocenters. The van der Waals surface area contributed by atoms with Crippen LogP contribution in [0.4, 0.5) is 0 Å². The molecule has 1 heterocycles. The molecule has 1 aromatic carbocycles. The molecule has 1 saturated heterocycles. The molecule has 0 aliphatic carbocycles. The Kier molecular flexibility index (Phi) is 9.86. The maximum Gasteiger partial charge on any atom is 0.220 e. The summed E-state index contributed by atoms with van der Waals surface area (Å²) in [6.45, 7) is 11.2. The molecule has 5 nitrogen and oxygen atoms in total. The summed E-state index contributed by atoms with van der Waals surface area (Å²) < 4.78 is 11.2. The summed E-state index contributed by atoms with van der Waals surface area (Å²) in [7, 11) is 3.35. The Morgan fingerprint density at radius 3 is 2.48 bits per heavy atom. The largest absolute Gasteiger partial charge is 0.493 e. The number of benzene rings is 1. The van der Waals surface area contributed by atoms with Crippen molar-refractivity contribution in [2.24, 2.45) is 11.7 Å². The zero-order valence-electron chi connectivity index (χ0n) is 19.6. The number of hydrogen-bond donors (Lipinski definition) is 1. The molecule has 0 aromatic heterocycles. The average Bonchev–Trinajstić information content (AvgIpc) is 2.77. The summed E-state index contributed by atoms with van der Waals surface area (Å²) >= 11 is 0. The number of carbonyl (C=O) groups excluding carboxylic acids is 1. The van der Waals surface area contributed by atoms with Gasteiger partial charge in [0.1, 0.15) is 0 Å². The molecule has 1 amide bonds. The molecule has 1 aromatic rings. The minimum atomic E-state index is -0.175. The molecule has 0 bridgehead atoms. The van der Waals surface area contributed by atoms with E-state index >= 15 is 0 Å². The predicted molar refractivity (Wildman–Crippen MR) is 128 cm³/mol. The number of nitrogens with zero attached hydrogens (tertiary/aromatic N) is 1. The monoisotopic (exact) mass is 426 g/mol. The van der Waals surface area contributed by atoms with E-state index < -0.39 is 0 Å². The van der Waals surface area contributed by atoms with Crippen LogP contribution in [0.5, 0.6) is 11.5 Å². The van der Waals surface area contributed by atoms with Gasteiger partial charge < -0.3 is 15.2 Å². The highest BCUT2D eigenvalue weighted by Crippen LogP contribution is 2.35. The van der Waals surface area contributed by atoms with Crippen molar-refractivity contribution in [3.05, 3.63) is 53.6 Å². The van der Waals surface area contributed by atoms with E-state index in [1.807, 2.05) is 6.07 Å². The number of ether oxygens (including phenoxy) is 2. The highest BCUT2D eigenvalue weighted by molar-refractivity contribution is 5.77. The van der Waals surface area contributed by atoms with E-state index in [0.29, 0.717) is 0 Å². The number of nitrogens with two attached hydrogens (primary N) is 1. The molecular weight excluding hydrogens is 388 g/mol. The van der Waals surface area contributed by atoms with E-state index in [9.17, 15) is 4.79 Å². The lowest BCUT2D eigenvalue weighted by molar-refractivity contribution is -0.123. The van der Waals surface area contributed by atoms with Gasteiger partial charge >= 0.3 is 0 Å². The average molecular weight is 427 g/mol. The van der Waals surface area contributed by atoms with E-state index in [0.717, 1.165) is 79.9 Å². The number of rotatable bonds is 11. The Balaban J connectivity index is 2.25. The number of aryl methyl sites for hydroxylation is 1. The predicted octanol–water partition coefficient (Wildman–Crippen LogP) is 4.76. The standard InChI is InChI=1S/C26H38N2O3/c1-6-8-10-20(18-28-13-11-21(12-14-28)26(27)29)15-19(3)23-16-22(9-7-2)25(31-5)24(17-23)30-4/h8,10,15-17,21H,3,6-7,9,11-14,18H2,1-2,4-5H3,(H2,27,29)/b10-8-,20-15+. The fourth-order valence-electron chi connectivity index (χ4n) is 4.04. The van der Waals surface area contributed by atoms with E-state index in [2.05, 4.69) is 49.6 Å². The Morgan fingerprint density at radius 2 is 1.94 bits per heavy atom. The van der Waals surface area contributed by atoms with Crippen LogP contribution in [0.3, 0.4) is 0 Å². The number of hydrogen-bond acceptors (Lipinski definition) is 4. The van der Waals surface area contributed by atoms with Gasteiger partial charge in [-0.25, -0.2) is 0 Å². The van der Waals surface area contributed by atoms with Gasteiger partial charge in [0.05, 0.1) is 14.2 Å². The fraction of sp³-hybridized carbons (Fsp3) is 0.500. The first-order valence-corrected chi connectivity index (χ1v) is 11.3. The van der Waals surface area contributed by atoms with Crippen molar-refractivity contribution >= 4 is 11.5 Å². The van der Waals surface area contributed by atoms with Crippen LogP contribution in [0.2, 0.25) is 0 Å². The molecule has 2 N–H and O–H groups in total. The van der Waals surface area contributed by atoms with Crippen molar-refractivity contribution in [2.45, 2.75) is 46.0 Å². The molecule has 1 aliphatic rings. The van der Waals surface area contributed by atoms with Gasteiger partial charge in [-0.1, -0.05) is 45.1 Å². The van der Waals surface area contributed by atoms with Gasteiger partial charge in [0.25, 0.3) is 0 Å². The smallest absolute Gasteiger partial charge is 0.220 e. The van der Waals surface area contributed by atoms with Gasteiger partial charge in [0.15, 0.2) is 11.5 Å². The molecule has 5 heteroatoms. The Labute approximate surface area is 187 Å². The lowest BCUT2D eigenvalue weighted by Crippen LogP contribution is -2.39. The zero-order valence-corrected chi connectivity index (χ0v) is 19.6. The van der Waals surface area contributed by atoms with Crippen molar-refractivity contribution in [2.75, 3.05) is 33.9 Å². The molecule has 0 unspecified atom stereocenters. The third-order valence-corrected chi connectivity index (χ3v) is 5.77. The molecular formula is C26H38N2O3. The van der Waals surface area contributed by atoms with Crippen molar-refractivity contribution < 1.29 is 14.3 Å². The van der Waals surface area contributed by atoms with E-state index in [4.69, 9.17) is 15.2 Å². The van der Waals surface area contributed by atoms with Crippen molar-refractivity contribution in [1.82, 2.24) is 4.90 Å². The minimum absolute atomic E-state index is 0.00794. The molecule has 170 valence electrons. The SMILES string of the molecule is C=C(/C=C(\C=C/CC)CN1CCC(C(N)=O)CC1)c1cc(CCC)c(OC)c(OC)c1. The lowest BCUT2D eigenvalue weighted by Gasteiger charge is -2.30. The van der Waals surface area contributed by atoms with Gasteiger partial charge in [-0.15, -0.1) is 0 Å². The van der Waals surface area contributed by atoms with Crippen LogP contribution in [0.1, 0.15) is 50.7 Å². The summed E-state index contributed by atoms with van der Waals surface area (Å²) in [5.74, 6) is 1.37. The lowest BCUT2D eigenvalue weighted by atomic mass is 9.95. The second-order valence-corrected chi connectivity index (χ2v) is 8.13. The zero-order chi connectivity index (χ0) is 22.8. The maximum atomic E-state index is 11.4. The fourth-order valence-corrected chi connectivity index (χ4v) is 4.04. The van der Waals surface area contributed by atoms with Gasteiger partial charge in [0, 0.05) is 12.5 Å². The molecule has 2 rings (SSSR count). The van der Waals surface area contributed by atoms with Crippen molar-refractivity contribution in [1.29, 1.82) is 0 Å². The number of amides is 1. The molecule has 1 fully saturated rings. The van der Waals surface area contributed by atoms with E-state index in [1.165, 1.54) is 5.57 Å². The molecule has 0 radical (unpaired) electrons. The van der Waals surface area contributed by atoms with Crippen LogP contribution in [0.25, 0.3) is 5.57 Å². The van der Waals surface area contributed by atoms with Crippen molar-refractivity contribution in [3.8, 4) is 11.5 Å². The number of carbonyl (C=O) groups is 1. The third-order valence-electron chi connectivity index (χ3n) is 5.77. The Morgan fingerprint density at radius 1 is 1.23 bits per heavy atom. The normalized spacial score (nSPS) is 15.9. The van der Waals surface area contributed by atoms with Gasteiger partial charge in [-0.05, 0) is 73.2 Å². The van der Waals surface area contributed by atoms with Crippen molar-refractivity contribution in [3.63, 3.8) is 0 Å². The summed E-state index contributed by atoms with van der Waals surface area (Å²) in [5, 5.41) is 0. The van der Waals surface area contributed by atoms with Gasteiger partial charge in [-0.2, -0.15) is 0 Å². The summed E-state index contributed by atoms with van der Waals surface area (Å²) in [4.78, 5) is 13.8. The maximum absolute atomic E-state index is 11.4. The van der Waals surface area contributed by atoms with E-state index in [1.54, 1.807) is 14.2 Å². The summed E-state index contributed by atoms with van der Waals surface area (Å²) in [6.07, 6.45) is 11.1. The molecule has 0 spiro atoms. The van der Waals surface area contributed by atoms with E-state index in [-0.39, 0.29) is 11.8 Å². The number of methoxy groups -OCH3 is 2. The third kappa shape index (κ3) is 7.00. The topological polar surface area (TPSA) is 64.8 Å². The first-order chi connectivity index (χ1) is 14.9. The first kappa shape index (κ1) is 24.7. The van der Waals surface area contributed by atoms with Crippen LogP contribution >= 0.6 is 0 Å². The Bertz CT molecular complexity index is 818. The Hall–Kier alpha value is -2.53. The number of piperidine rings is 1. The number of primary amides is 1. The first-order valence-electron chi connectivity index (χ1n) is 11.3. The van der Waals surface area contributed by atoms with Crippen LogP contribution in [0.15, 0.2) is 42.5 Å². The second kappa shape index (κ2) is 12.4. The van der Waals surface area contributed by atoms with Crippen LogP contribution in [-0.2, 0) is 11.2 Å². The van der Waals surface area contributed by atoms with Crippen LogP contribution < -0.4 is 15.2 Å². The van der Waals surface area contributed by atoms with Gasteiger partial charge in [-0.3, -0.25) is 9.69 Å². The summed E-state index contributed by atoms with van der Waals surface area (Å²) in [5.41, 5.74) is 9.80. The molecule has 0 saturated carbocycles. The second-order valence-electron chi connectivity index (χ2n) is 8.13. The summed E-state index contributed by atoms with van der Waals surface area (Å²) in [6, 6.07) is 4.15. The highest BCUT2D eigenvalue weighted by atomic mass is 16.5. The minimum Gasteiger partial charge on any atom is -0.493 e. The molecule has 31 heavy (non-hydrogen) atoms. The van der Waals surface area contributed by atoms with Crippen LogP contribution in [0, 0.1) is 5.92 Å². The number of likely N-dealkylation sites (tertiary alicyclic amines) is 1. The molecule has 1 aliphatic heterocycles. The quantitative estimate of drug-likeness (QED) is 0.518. The van der Waals surface area contributed by atoms with Gasteiger partial charge in [0.2, 0.25) is 5.91 Å². The highest BCUT2D eigenvalue weighted by Gasteiger charge is 2.23.